The second-order valence-electron chi connectivity index (χ2n) is 8.13. The van der Waals surface area contributed by atoms with E-state index in [1.54, 1.807) is 30.3 Å². The fourth-order valence-corrected chi connectivity index (χ4v) is 4.05. The highest BCUT2D eigenvalue weighted by atomic mass is 16.3. The Labute approximate surface area is 177 Å². The molecule has 1 aliphatic rings. The van der Waals surface area contributed by atoms with Gasteiger partial charge < -0.3 is 20.6 Å². The molecular weight excluding hydrogens is 378 g/mol. The van der Waals surface area contributed by atoms with Gasteiger partial charge in [-0.2, -0.15) is 0 Å². The highest BCUT2D eigenvalue weighted by Crippen LogP contribution is 2.44. The molecule has 0 aliphatic heterocycles. The standard InChI is InChI=1S/C25H29NO4/c1-15(2)19-9-4-16(3)12-20(19)21-13-22(24(29)14-23(21)28)25(30)26-11-10-17-5-7-18(27)8-6-17/h5-8,12-14,19-20,27-29H,1,4,9-11H2,2-3H3,(H,26,30)/t19-,20+/m0/s1. The van der Waals surface area contributed by atoms with E-state index in [1.807, 2.05) is 6.92 Å². The van der Waals surface area contributed by atoms with Crippen molar-refractivity contribution in [2.24, 2.45) is 5.92 Å². The normalized spacial score (nSPS) is 18.5. The largest absolute Gasteiger partial charge is 0.508 e. The Hall–Kier alpha value is -3.21. The molecule has 0 aromatic heterocycles. The summed E-state index contributed by atoms with van der Waals surface area (Å²) >= 11 is 0. The summed E-state index contributed by atoms with van der Waals surface area (Å²) in [6.45, 7) is 8.54. The van der Waals surface area contributed by atoms with Crippen molar-refractivity contribution in [2.75, 3.05) is 6.54 Å². The Morgan fingerprint density at radius 1 is 1.13 bits per heavy atom. The van der Waals surface area contributed by atoms with Gasteiger partial charge in [0.05, 0.1) is 5.56 Å². The molecule has 0 radical (unpaired) electrons. The molecule has 5 nitrogen and oxygen atoms in total. The number of rotatable bonds is 6. The highest BCUT2D eigenvalue weighted by Gasteiger charge is 2.29. The molecule has 1 aliphatic carbocycles. The fraction of sp³-hybridized carbons (Fsp3) is 0.320. The van der Waals surface area contributed by atoms with E-state index in [4.69, 9.17) is 0 Å². The van der Waals surface area contributed by atoms with E-state index in [0.717, 1.165) is 24.0 Å². The van der Waals surface area contributed by atoms with E-state index in [1.165, 1.54) is 11.6 Å². The number of allylic oxidation sites excluding steroid dienone is 3. The van der Waals surface area contributed by atoms with Crippen LogP contribution in [0.15, 0.2) is 60.2 Å². The van der Waals surface area contributed by atoms with Crippen LogP contribution in [0.3, 0.4) is 0 Å². The quantitative estimate of drug-likeness (QED) is 0.518. The number of carbonyl (C=O) groups is 1. The number of amides is 1. The highest BCUT2D eigenvalue weighted by molar-refractivity contribution is 5.97. The van der Waals surface area contributed by atoms with E-state index in [0.29, 0.717) is 18.5 Å². The average Bonchev–Trinajstić information content (AvgIpc) is 2.69. The number of phenolic OH excluding ortho intramolecular Hbond substituents is 3. The van der Waals surface area contributed by atoms with Gasteiger partial charge in [-0.25, -0.2) is 0 Å². The fourth-order valence-electron chi connectivity index (χ4n) is 4.05. The monoisotopic (exact) mass is 407 g/mol. The van der Waals surface area contributed by atoms with Crippen LogP contribution in [-0.4, -0.2) is 27.8 Å². The van der Waals surface area contributed by atoms with E-state index >= 15 is 0 Å². The first-order valence-corrected chi connectivity index (χ1v) is 10.2. The van der Waals surface area contributed by atoms with Crippen molar-refractivity contribution in [3.8, 4) is 17.2 Å². The molecule has 2 aromatic carbocycles. The zero-order chi connectivity index (χ0) is 21.8. The maximum atomic E-state index is 12.7. The van der Waals surface area contributed by atoms with Crippen LogP contribution in [0.1, 0.15) is 54.1 Å². The third-order valence-corrected chi connectivity index (χ3v) is 5.76. The van der Waals surface area contributed by atoms with Crippen LogP contribution in [-0.2, 0) is 6.42 Å². The number of hydrogen-bond acceptors (Lipinski definition) is 4. The minimum absolute atomic E-state index is 0.0182. The van der Waals surface area contributed by atoms with Gasteiger partial charge >= 0.3 is 0 Å². The minimum atomic E-state index is -0.393. The minimum Gasteiger partial charge on any atom is -0.508 e. The van der Waals surface area contributed by atoms with Gasteiger partial charge in [0.2, 0.25) is 0 Å². The Morgan fingerprint density at radius 2 is 1.83 bits per heavy atom. The molecule has 30 heavy (non-hydrogen) atoms. The van der Waals surface area contributed by atoms with Crippen LogP contribution >= 0.6 is 0 Å². The molecule has 3 rings (SSSR count). The van der Waals surface area contributed by atoms with Gasteiger partial charge in [0.25, 0.3) is 5.91 Å². The number of phenols is 3. The second kappa shape index (κ2) is 9.08. The Kier molecular flexibility index (Phi) is 6.50. The summed E-state index contributed by atoms with van der Waals surface area (Å²) in [7, 11) is 0. The lowest BCUT2D eigenvalue weighted by Crippen LogP contribution is -2.26. The molecule has 0 bridgehead atoms. The van der Waals surface area contributed by atoms with Crippen molar-refractivity contribution in [3.05, 3.63) is 76.9 Å². The maximum Gasteiger partial charge on any atom is 0.255 e. The van der Waals surface area contributed by atoms with Crippen LogP contribution in [0.5, 0.6) is 17.2 Å². The first-order chi connectivity index (χ1) is 14.3. The van der Waals surface area contributed by atoms with Crippen molar-refractivity contribution in [1.29, 1.82) is 0 Å². The van der Waals surface area contributed by atoms with E-state index in [2.05, 4.69) is 24.9 Å². The third kappa shape index (κ3) is 4.85. The van der Waals surface area contributed by atoms with Crippen molar-refractivity contribution in [1.82, 2.24) is 5.32 Å². The van der Waals surface area contributed by atoms with Crippen LogP contribution in [0.25, 0.3) is 0 Å². The molecule has 0 unspecified atom stereocenters. The summed E-state index contributed by atoms with van der Waals surface area (Å²) in [4.78, 5) is 12.7. The van der Waals surface area contributed by atoms with Crippen molar-refractivity contribution < 1.29 is 20.1 Å². The van der Waals surface area contributed by atoms with Crippen molar-refractivity contribution in [2.45, 2.75) is 39.0 Å². The lowest BCUT2D eigenvalue weighted by atomic mass is 9.74. The number of carbonyl (C=O) groups excluding carboxylic acids is 1. The topological polar surface area (TPSA) is 89.8 Å². The van der Waals surface area contributed by atoms with Gasteiger partial charge in [0, 0.05) is 24.1 Å². The van der Waals surface area contributed by atoms with E-state index < -0.39 is 5.91 Å². The lowest BCUT2D eigenvalue weighted by Gasteiger charge is -2.31. The summed E-state index contributed by atoms with van der Waals surface area (Å²) < 4.78 is 0. The lowest BCUT2D eigenvalue weighted by molar-refractivity contribution is 0.0951. The summed E-state index contributed by atoms with van der Waals surface area (Å²) in [5.41, 5.74) is 4.03. The SMILES string of the molecule is C=C(C)[C@@H]1CCC(C)=C[C@H]1c1cc(C(=O)NCCc2ccc(O)cc2)c(O)cc1O. The first kappa shape index (κ1) is 21.5. The molecule has 2 atom stereocenters. The molecule has 0 fully saturated rings. The zero-order valence-electron chi connectivity index (χ0n) is 17.5. The van der Waals surface area contributed by atoms with E-state index in [9.17, 15) is 20.1 Å². The summed E-state index contributed by atoms with van der Waals surface area (Å²) in [5.74, 6) is -0.368. The Bertz CT molecular complexity index is 975. The van der Waals surface area contributed by atoms with Gasteiger partial charge in [-0.15, -0.1) is 0 Å². The second-order valence-corrected chi connectivity index (χ2v) is 8.13. The number of nitrogens with one attached hydrogen (secondary N) is 1. The van der Waals surface area contributed by atoms with Gasteiger partial charge in [-0.3, -0.25) is 4.79 Å². The maximum absolute atomic E-state index is 12.7. The van der Waals surface area contributed by atoms with E-state index in [-0.39, 0.29) is 34.6 Å². The van der Waals surface area contributed by atoms with Crippen molar-refractivity contribution in [3.63, 3.8) is 0 Å². The molecule has 5 heteroatoms. The predicted molar refractivity (Wildman–Crippen MR) is 118 cm³/mol. The van der Waals surface area contributed by atoms with Gasteiger partial charge in [0.1, 0.15) is 17.2 Å². The zero-order valence-corrected chi connectivity index (χ0v) is 17.5. The molecule has 2 aromatic rings. The van der Waals surface area contributed by atoms with Crippen LogP contribution < -0.4 is 5.32 Å². The average molecular weight is 408 g/mol. The molecule has 158 valence electrons. The van der Waals surface area contributed by atoms with Crippen LogP contribution in [0, 0.1) is 5.92 Å². The predicted octanol–water partition coefficient (Wildman–Crippen LogP) is 4.79. The van der Waals surface area contributed by atoms with Crippen LogP contribution in [0.2, 0.25) is 0 Å². The molecular formula is C25H29NO4. The number of benzene rings is 2. The summed E-state index contributed by atoms with van der Waals surface area (Å²) in [5, 5.41) is 33.0. The summed E-state index contributed by atoms with van der Waals surface area (Å²) in [6, 6.07) is 9.65. The molecule has 0 saturated carbocycles. The summed E-state index contributed by atoms with van der Waals surface area (Å²) in [6.07, 6.45) is 4.65. The van der Waals surface area contributed by atoms with Crippen molar-refractivity contribution >= 4 is 5.91 Å². The smallest absolute Gasteiger partial charge is 0.255 e. The molecule has 0 heterocycles. The number of aromatic hydroxyl groups is 3. The molecule has 1 amide bonds. The molecule has 0 saturated heterocycles. The molecule has 4 N–H and O–H groups in total. The van der Waals surface area contributed by atoms with Crippen LogP contribution in [0.4, 0.5) is 0 Å². The number of hydrogen-bond donors (Lipinski definition) is 4. The third-order valence-electron chi connectivity index (χ3n) is 5.76. The van der Waals surface area contributed by atoms with Gasteiger partial charge in [0.15, 0.2) is 0 Å². The Morgan fingerprint density at radius 3 is 2.50 bits per heavy atom. The van der Waals surface area contributed by atoms with Gasteiger partial charge in [-0.1, -0.05) is 35.9 Å². The van der Waals surface area contributed by atoms with Gasteiger partial charge in [-0.05, 0) is 62.8 Å². The molecule has 0 spiro atoms. The first-order valence-electron chi connectivity index (χ1n) is 10.2. The Balaban J connectivity index is 1.80.